The van der Waals surface area contributed by atoms with Crippen LogP contribution in [0.15, 0.2) is 24.3 Å². The number of hydrogen-bond donors (Lipinski definition) is 4. The van der Waals surface area contributed by atoms with Crippen LogP contribution in [-0.4, -0.2) is 96.8 Å². The molecule has 1 aromatic carbocycles. The van der Waals surface area contributed by atoms with Crippen molar-refractivity contribution in [2.24, 2.45) is 0 Å². The van der Waals surface area contributed by atoms with Crippen LogP contribution in [0.4, 0.5) is 10.5 Å². The zero-order chi connectivity index (χ0) is 19.4. The molecule has 11 heteroatoms. The Hall–Kier alpha value is -0.840. The van der Waals surface area contributed by atoms with Gasteiger partial charge in [-0.3, -0.25) is 4.90 Å². The number of nitrogens with zero attached hydrogens (tertiary/aromatic N) is 2. The molecule has 3 rings (SSSR count). The fourth-order valence-corrected chi connectivity index (χ4v) is 3.84. The number of likely N-dealkylation sites (N-methyl/N-ethyl adjacent to an activating group) is 1. The largest absolute Gasteiger partial charge is 0.394 e. The molecule has 0 aliphatic carbocycles. The lowest BCUT2D eigenvalue weighted by Crippen LogP contribution is -2.57. The average Bonchev–Trinajstić information content (AvgIpc) is 2.96. The molecule has 1 aromatic rings. The van der Waals surface area contributed by atoms with E-state index in [9.17, 15) is 15.0 Å². The molecule has 166 valence electrons. The molecule has 0 spiro atoms. The van der Waals surface area contributed by atoms with E-state index in [4.69, 9.17) is 16.3 Å². The molecule has 4 atom stereocenters. The quantitative estimate of drug-likeness (QED) is 0.512. The number of piperazine rings is 1. The van der Waals surface area contributed by atoms with Crippen molar-refractivity contribution in [1.29, 1.82) is 0 Å². The summed E-state index contributed by atoms with van der Waals surface area (Å²) in [6, 6.07) is 6.25. The number of anilines is 1. The molecular weight excluding hydrogens is 443 g/mol. The third kappa shape index (κ3) is 6.83. The highest BCUT2D eigenvalue weighted by atomic mass is 35.5. The summed E-state index contributed by atoms with van der Waals surface area (Å²) in [5.74, 6) is 0. The van der Waals surface area contributed by atoms with Gasteiger partial charge in [-0.05, 0) is 25.2 Å². The Morgan fingerprint density at radius 3 is 2.55 bits per heavy atom. The number of halogens is 3. The summed E-state index contributed by atoms with van der Waals surface area (Å²) in [5, 5.41) is 26.1. The number of rotatable bonds is 5. The van der Waals surface area contributed by atoms with Gasteiger partial charge in [0.05, 0.1) is 18.8 Å². The molecule has 8 nitrogen and oxygen atoms in total. The number of ether oxygens (including phenoxy) is 1. The zero-order valence-corrected chi connectivity index (χ0v) is 18.6. The maximum Gasteiger partial charge on any atom is 0.319 e. The summed E-state index contributed by atoms with van der Waals surface area (Å²) in [6.45, 7) is 3.41. The number of nitrogens with one attached hydrogen (secondary N) is 2. The Bertz CT molecular complexity index is 649. The molecule has 2 fully saturated rings. The smallest absolute Gasteiger partial charge is 0.319 e. The van der Waals surface area contributed by atoms with Crippen molar-refractivity contribution in [2.45, 2.75) is 24.4 Å². The highest BCUT2D eigenvalue weighted by Gasteiger charge is 2.46. The summed E-state index contributed by atoms with van der Waals surface area (Å²) >= 11 is 5.92. The van der Waals surface area contributed by atoms with Crippen molar-refractivity contribution < 1.29 is 19.7 Å². The minimum atomic E-state index is -0.791. The molecule has 0 aromatic heterocycles. The Kier molecular flexibility index (Phi) is 10.9. The average molecular weight is 472 g/mol. The molecule has 0 bridgehead atoms. The first-order chi connectivity index (χ1) is 13.0. The standard InChI is InChI=1S/C18H27ClN4O4.2ClH/c1-22-5-7-23(8-6-22)16-14(27-15(11-24)17(16)25)10-20-18(26)21-13-4-2-3-12(19)9-13;;/h2-4,9,14-17,24-25H,5-8,10-11H2,1H3,(H2,20,21,26);2*1H/t14-,15+,16+,17-;;/m1../s1. The molecule has 0 unspecified atom stereocenters. The van der Waals surface area contributed by atoms with Gasteiger partial charge in [0.2, 0.25) is 0 Å². The number of carbonyl (C=O) groups excluding carboxylic acids is 1. The Labute approximate surface area is 188 Å². The summed E-state index contributed by atoms with van der Waals surface area (Å²) in [6.07, 6.45) is -1.83. The van der Waals surface area contributed by atoms with Gasteiger partial charge in [0.15, 0.2) is 0 Å². The van der Waals surface area contributed by atoms with Gasteiger partial charge >= 0.3 is 6.03 Å². The van der Waals surface area contributed by atoms with E-state index in [0.29, 0.717) is 10.7 Å². The number of aliphatic hydroxyl groups excluding tert-OH is 2. The Morgan fingerprint density at radius 1 is 1.24 bits per heavy atom. The number of carbonyl (C=O) groups is 1. The first-order valence-electron chi connectivity index (χ1n) is 9.15. The molecular formula is C18H29Cl3N4O4. The summed E-state index contributed by atoms with van der Waals surface area (Å²) in [5.41, 5.74) is 0.594. The van der Waals surface area contributed by atoms with E-state index in [0.717, 1.165) is 26.2 Å². The fourth-order valence-electron chi connectivity index (χ4n) is 3.65. The van der Waals surface area contributed by atoms with Crippen molar-refractivity contribution in [3.63, 3.8) is 0 Å². The summed E-state index contributed by atoms with van der Waals surface area (Å²) in [4.78, 5) is 16.6. The van der Waals surface area contributed by atoms with Crippen LogP contribution in [-0.2, 0) is 4.74 Å². The van der Waals surface area contributed by atoms with Crippen LogP contribution in [0.3, 0.4) is 0 Å². The maximum absolute atomic E-state index is 12.2. The van der Waals surface area contributed by atoms with Crippen molar-refractivity contribution in [3.05, 3.63) is 29.3 Å². The highest BCUT2D eigenvalue weighted by Crippen LogP contribution is 2.26. The van der Waals surface area contributed by atoms with Crippen molar-refractivity contribution >= 4 is 48.1 Å². The van der Waals surface area contributed by atoms with Gasteiger partial charge in [-0.25, -0.2) is 4.79 Å². The van der Waals surface area contributed by atoms with E-state index in [1.165, 1.54) is 0 Å². The lowest BCUT2D eigenvalue weighted by atomic mass is 10.0. The van der Waals surface area contributed by atoms with E-state index in [-0.39, 0.29) is 50.0 Å². The molecule has 0 radical (unpaired) electrons. The first kappa shape index (κ1) is 26.2. The lowest BCUT2D eigenvalue weighted by Gasteiger charge is -2.39. The molecule has 2 aliphatic rings. The fraction of sp³-hybridized carbons (Fsp3) is 0.611. The van der Waals surface area contributed by atoms with Crippen molar-refractivity contribution in [2.75, 3.05) is 51.7 Å². The van der Waals surface area contributed by atoms with Crippen LogP contribution in [0.2, 0.25) is 5.02 Å². The molecule has 2 heterocycles. The summed E-state index contributed by atoms with van der Waals surface area (Å²) in [7, 11) is 2.06. The number of benzene rings is 1. The third-order valence-corrected chi connectivity index (χ3v) is 5.38. The van der Waals surface area contributed by atoms with Crippen LogP contribution >= 0.6 is 36.4 Å². The topological polar surface area (TPSA) is 97.3 Å². The Morgan fingerprint density at radius 2 is 1.93 bits per heavy atom. The van der Waals surface area contributed by atoms with E-state index < -0.39 is 18.3 Å². The van der Waals surface area contributed by atoms with E-state index in [1.54, 1.807) is 24.3 Å². The molecule has 29 heavy (non-hydrogen) atoms. The number of urea groups is 1. The predicted octanol–water partition coefficient (Wildman–Crippen LogP) is 1.04. The predicted molar refractivity (Wildman–Crippen MR) is 118 cm³/mol. The van der Waals surface area contributed by atoms with Gasteiger partial charge in [0.1, 0.15) is 12.2 Å². The number of hydrogen-bond acceptors (Lipinski definition) is 6. The SMILES string of the molecule is CN1CCN([C@@H]2[C@H](O)[C@H](CO)O[C@@H]2CNC(=O)Nc2cccc(Cl)c2)CC1.Cl.Cl. The van der Waals surface area contributed by atoms with Gasteiger partial charge in [0, 0.05) is 43.4 Å². The molecule has 4 N–H and O–H groups in total. The van der Waals surface area contributed by atoms with E-state index in [2.05, 4.69) is 27.5 Å². The molecule has 2 saturated heterocycles. The highest BCUT2D eigenvalue weighted by molar-refractivity contribution is 6.30. The van der Waals surface area contributed by atoms with Crippen molar-refractivity contribution in [1.82, 2.24) is 15.1 Å². The molecule has 2 aliphatic heterocycles. The second-order valence-corrected chi connectivity index (χ2v) is 7.50. The van der Waals surface area contributed by atoms with Crippen LogP contribution < -0.4 is 10.6 Å². The van der Waals surface area contributed by atoms with Gasteiger partial charge < -0.3 is 30.5 Å². The number of aliphatic hydroxyl groups is 2. The first-order valence-corrected chi connectivity index (χ1v) is 9.53. The molecule has 2 amide bonds. The minimum absolute atomic E-state index is 0. The Balaban J connectivity index is 0.00000210. The van der Waals surface area contributed by atoms with Crippen molar-refractivity contribution in [3.8, 4) is 0 Å². The lowest BCUT2D eigenvalue weighted by molar-refractivity contribution is -0.0205. The van der Waals surface area contributed by atoms with E-state index >= 15 is 0 Å². The third-order valence-electron chi connectivity index (χ3n) is 5.15. The van der Waals surface area contributed by atoms with Gasteiger partial charge in [-0.2, -0.15) is 0 Å². The van der Waals surface area contributed by atoms with Gasteiger partial charge in [-0.15, -0.1) is 24.8 Å². The molecule has 0 saturated carbocycles. The summed E-state index contributed by atoms with van der Waals surface area (Å²) < 4.78 is 5.82. The van der Waals surface area contributed by atoms with E-state index in [1.807, 2.05) is 0 Å². The maximum atomic E-state index is 12.2. The monoisotopic (exact) mass is 470 g/mol. The normalized spacial score (nSPS) is 27.6. The van der Waals surface area contributed by atoms with Crippen LogP contribution in [0, 0.1) is 0 Å². The number of amides is 2. The van der Waals surface area contributed by atoms with Crippen LogP contribution in [0.25, 0.3) is 0 Å². The van der Waals surface area contributed by atoms with Crippen LogP contribution in [0.1, 0.15) is 0 Å². The zero-order valence-electron chi connectivity index (χ0n) is 16.2. The second kappa shape index (κ2) is 12.1. The minimum Gasteiger partial charge on any atom is -0.394 e. The van der Waals surface area contributed by atoms with Gasteiger partial charge in [-0.1, -0.05) is 17.7 Å². The van der Waals surface area contributed by atoms with Gasteiger partial charge in [0.25, 0.3) is 0 Å². The second-order valence-electron chi connectivity index (χ2n) is 7.06. The van der Waals surface area contributed by atoms with Crippen LogP contribution in [0.5, 0.6) is 0 Å².